The topological polar surface area (TPSA) is 87.9 Å². The average Bonchev–Trinajstić information content (AvgIpc) is 3.20. The Morgan fingerprint density at radius 1 is 1.26 bits per heavy atom. The van der Waals surface area contributed by atoms with Crippen molar-refractivity contribution in [2.45, 2.75) is 45.1 Å². The molecule has 1 N–H and O–H groups in total. The maximum Gasteiger partial charge on any atom is 0.236 e. The Morgan fingerprint density at radius 2 is 2.09 bits per heavy atom. The van der Waals surface area contributed by atoms with Gasteiger partial charge in [-0.05, 0) is 57.8 Å². The van der Waals surface area contributed by atoms with Crippen LogP contribution in [0.2, 0.25) is 0 Å². The second-order valence-corrected chi connectivity index (χ2v) is 9.22. The van der Waals surface area contributed by atoms with E-state index in [9.17, 15) is 9.18 Å². The number of hydrogen-bond donors (Lipinski definition) is 1. The first kappa shape index (κ1) is 24.8. The Kier molecular flexibility index (Phi) is 7.80. The fraction of sp³-hybridized carbons (Fsp3) is 0.520. The van der Waals surface area contributed by atoms with Crippen LogP contribution in [0.3, 0.4) is 0 Å². The van der Waals surface area contributed by atoms with E-state index in [1.807, 2.05) is 41.4 Å². The predicted molar refractivity (Wildman–Crippen MR) is 132 cm³/mol. The van der Waals surface area contributed by atoms with Gasteiger partial charge >= 0.3 is 0 Å². The highest BCUT2D eigenvalue weighted by atomic mass is 19.1. The van der Waals surface area contributed by atoms with Crippen LogP contribution in [0.15, 0.2) is 24.7 Å². The minimum Gasteiger partial charge on any atom is -0.496 e. The number of halogens is 1. The van der Waals surface area contributed by atoms with Gasteiger partial charge in [0.15, 0.2) is 5.65 Å². The van der Waals surface area contributed by atoms with Crippen molar-refractivity contribution in [3.8, 4) is 5.75 Å². The molecule has 35 heavy (non-hydrogen) atoms. The lowest BCUT2D eigenvalue weighted by Gasteiger charge is -2.22. The maximum atomic E-state index is 14.6. The van der Waals surface area contributed by atoms with Gasteiger partial charge in [-0.15, -0.1) is 10.2 Å². The molecular weight excluding hydrogens is 449 g/mol. The third-order valence-electron chi connectivity index (χ3n) is 6.66. The molecule has 4 rings (SSSR count). The molecule has 1 aliphatic heterocycles. The Balaban J connectivity index is 1.53. The van der Waals surface area contributed by atoms with Gasteiger partial charge in [0.25, 0.3) is 0 Å². The largest absolute Gasteiger partial charge is 0.496 e. The second kappa shape index (κ2) is 11.0. The van der Waals surface area contributed by atoms with Crippen molar-refractivity contribution >= 4 is 17.5 Å². The number of nitrogens with zero attached hydrogens (tertiary/aromatic N) is 6. The molecular formula is C25H34FN7O2. The van der Waals surface area contributed by atoms with Crippen LogP contribution in [0.4, 0.5) is 10.3 Å². The number of ether oxygens (including phenoxy) is 1. The molecule has 1 atom stereocenters. The number of rotatable bonds is 8. The molecule has 10 heteroatoms. The van der Waals surface area contributed by atoms with Gasteiger partial charge in [0, 0.05) is 42.5 Å². The summed E-state index contributed by atoms with van der Waals surface area (Å²) < 4.78 is 21.9. The number of benzene rings is 1. The van der Waals surface area contributed by atoms with Crippen molar-refractivity contribution in [2.24, 2.45) is 0 Å². The number of methoxy groups -OCH3 is 1. The number of aromatic nitrogens is 4. The lowest BCUT2D eigenvalue weighted by atomic mass is 9.94. The van der Waals surface area contributed by atoms with Crippen LogP contribution in [-0.4, -0.2) is 76.1 Å². The zero-order valence-electron chi connectivity index (χ0n) is 20.9. The van der Waals surface area contributed by atoms with Gasteiger partial charge in [0.2, 0.25) is 11.9 Å². The van der Waals surface area contributed by atoms with E-state index in [1.165, 1.54) is 6.07 Å². The van der Waals surface area contributed by atoms with Crippen molar-refractivity contribution in [1.29, 1.82) is 0 Å². The minimum atomic E-state index is -0.279. The van der Waals surface area contributed by atoms with Crippen molar-refractivity contribution in [2.75, 3.05) is 46.2 Å². The monoisotopic (exact) mass is 483 g/mol. The SMILES string of the molecule is CCc1c(OC)ccc(F)c1CNc1ncc(C2CCCN(C(=O)CN(C)C)CC2)c2nncn12. The molecule has 9 nitrogen and oxygen atoms in total. The van der Waals surface area contributed by atoms with E-state index >= 15 is 0 Å². The number of anilines is 1. The highest BCUT2D eigenvalue weighted by molar-refractivity contribution is 5.78. The number of amides is 1. The fourth-order valence-corrected chi connectivity index (χ4v) is 4.86. The molecule has 0 aliphatic carbocycles. The quantitative estimate of drug-likeness (QED) is 0.527. The average molecular weight is 484 g/mol. The summed E-state index contributed by atoms with van der Waals surface area (Å²) in [5, 5.41) is 11.7. The fourth-order valence-electron chi connectivity index (χ4n) is 4.86. The van der Waals surface area contributed by atoms with Gasteiger partial charge in [0.05, 0.1) is 13.7 Å². The molecule has 0 bridgehead atoms. The molecule has 1 amide bonds. The first-order chi connectivity index (χ1) is 16.9. The van der Waals surface area contributed by atoms with E-state index in [-0.39, 0.29) is 24.2 Å². The van der Waals surface area contributed by atoms with Crippen LogP contribution >= 0.6 is 0 Å². The lowest BCUT2D eigenvalue weighted by molar-refractivity contribution is -0.131. The molecule has 1 unspecified atom stereocenters. The molecule has 0 radical (unpaired) electrons. The number of hydrogen-bond acceptors (Lipinski definition) is 7. The third-order valence-corrected chi connectivity index (χ3v) is 6.66. The van der Waals surface area contributed by atoms with E-state index in [2.05, 4.69) is 20.5 Å². The molecule has 0 saturated carbocycles. The number of likely N-dealkylation sites (N-methyl/N-ethyl adjacent to an activating group) is 1. The zero-order chi connectivity index (χ0) is 24.9. The van der Waals surface area contributed by atoms with E-state index in [0.717, 1.165) is 42.6 Å². The van der Waals surface area contributed by atoms with Crippen molar-refractivity contribution < 1.29 is 13.9 Å². The van der Waals surface area contributed by atoms with Crippen LogP contribution in [0.1, 0.15) is 48.8 Å². The zero-order valence-corrected chi connectivity index (χ0v) is 20.9. The molecule has 0 spiro atoms. The summed E-state index contributed by atoms with van der Waals surface area (Å²) >= 11 is 0. The summed E-state index contributed by atoms with van der Waals surface area (Å²) in [6.45, 7) is 4.15. The number of carbonyl (C=O) groups is 1. The second-order valence-electron chi connectivity index (χ2n) is 9.22. The first-order valence-electron chi connectivity index (χ1n) is 12.1. The minimum absolute atomic E-state index is 0.164. The van der Waals surface area contributed by atoms with E-state index < -0.39 is 0 Å². The van der Waals surface area contributed by atoms with Crippen molar-refractivity contribution in [3.05, 3.63) is 47.2 Å². The standard InChI is InChI=1S/C25H34FN7O2/c1-5-18-20(21(26)8-9-22(18)35-4)14-28-25-27-13-19(24-30-29-16-33(24)25)17-7-6-11-32(12-10-17)23(34)15-31(2)3/h8-9,13,16-17H,5-7,10-12,14-15H2,1-4H3,(H,27,28). The third kappa shape index (κ3) is 5.37. The van der Waals surface area contributed by atoms with E-state index in [4.69, 9.17) is 4.74 Å². The van der Waals surface area contributed by atoms with Crippen LogP contribution in [0, 0.1) is 5.82 Å². The van der Waals surface area contributed by atoms with Gasteiger partial charge in [0.1, 0.15) is 17.9 Å². The van der Waals surface area contributed by atoms with Gasteiger partial charge in [-0.25, -0.2) is 9.37 Å². The Bertz CT molecular complexity index is 1180. The molecule has 1 aliphatic rings. The van der Waals surface area contributed by atoms with E-state index in [0.29, 0.717) is 36.8 Å². The predicted octanol–water partition coefficient (Wildman–Crippen LogP) is 3.10. The maximum absolute atomic E-state index is 14.6. The van der Waals surface area contributed by atoms with E-state index in [1.54, 1.807) is 19.5 Å². The van der Waals surface area contributed by atoms with Crippen molar-refractivity contribution in [1.82, 2.24) is 29.4 Å². The van der Waals surface area contributed by atoms with Crippen LogP contribution in [0.25, 0.3) is 5.65 Å². The molecule has 2 aromatic heterocycles. The highest BCUT2D eigenvalue weighted by Gasteiger charge is 2.25. The molecule has 1 aromatic carbocycles. The summed E-state index contributed by atoms with van der Waals surface area (Å²) in [7, 11) is 5.41. The number of carbonyl (C=O) groups excluding carboxylic acids is 1. The smallest absolute Gasteiger partial charge is 0.236 e. The summed E-state index contributed by atoms with van der Waals surface area (Å²) in [5.74, 6) is 1.35. The molecule has 3 aromatic rings. The van der Waals surface area contributed by atoms with Gasteiger partial charge in [-0.2, -0.15) is 0 Å². The number of fused-ring (bicyclic) bond motifs is 1. The lowest BCUT2D eigenvalue weighted by Crippen LogP contribution is -2.38. The van der Waals surface area contributed by atoms with Gasteiger partial charge < -0.3 is 19.9 Å². The Labute approximate surface area is 205 Å². The summed E-state index contributed by atoms with van der Waals surface area (Å²) in [6, 6.07) is 3.09. The molecule has 188 valence electrons. The molecule has 1 saturated heterocycles. The summed E-state index contributed by atoms with van der Waals surface area (Å²) in [6.07, 6.45) is 6.86. The highest BCUT2D eigenvalue weighted by Crippen LogP contribution is 2.31. The summed E-state index contributed by atoms with van der Waals surface area (Å²) in [5.41, 5.74) is 3.16. The molecule has 1 fully saturated rings. The first-order valence-corrected chi connectivity index (χ1v) is 12.1. The van der Waals surface area contributed by atoms with Crippen LogP contribution in [0.5, 0.6) is 5.75 Å². The van der Waals surface area contributed by atoms with Crippen LogP contribution in [-0.2, 0) is 17.8 Å². The normalized spacial score (nSPS) is 16.5. The Hall–Kier alpha value is -3.27. The van der Waals surface area contributed by atoms with Crippen LogP contribution < -0.4 is 10.1 Å². The van der Waals surface area contributed by atoms with Gasteiger partial charge in [-0.3, -0.25) is 9.20 Å². The number of likely N-dealkylation sites (tertiary alicyclic amines) is 1. The number of nitrogens with one attached hydrogen (secondary N) is 1. The Morgan fingerprint density at radius 3 is 2.83 bits per heavy atom. The van der Waals surface area contributed by atoms with Gasteiger partial charge in [-0.1, -0.05) is 6.92 Å². The molecule has 3 heterocycles. The van der Waals surface area contributed by atoms with Crippen molar-refractivity contribution in [3.63, 3.8) is 0 Å². The summed E-state index contributed by atoms with van der Waals surface area (Å²) in [4.78, 5) is 21.0.